The van der Waals surface area contributed by atoms with Crippen molar-refractivity contribution in [3.05, 3.63) is 70.2 Å². The Morgan fingerprint density at radius 3 is 2.09 bits per heavy atom. The van der Waals surface area contributed by atoms with Crippen molar-refractivity contribution in [1.82, 2.24) is 0 Å². The van der Waals surface area contributed by atoms with Gasteiger partial charge < -0.3 is 0 Å². The zero-order chi connectivity index (χ0) is 15.9. The standard InChI is InChI=1S/C21H21Cl/c1-13(2)17-6-5-14(3)19-12-20(15(4)21(19)11-17)16-7-9-18(22)10-8-16/h5-13H,1-4H3. The normalized spacial score (nSPS) is 11.4. The minimum absolute atomic E-state index is 0.531. The Morgan fingerprint density at radius 2 is 1.45 bits per heavy atom. The van der Waals surface area contributed by atoms with E-state index in [0.717, 1.165) is 5.02 Å². The van der Waals surface area contributed by atoms with Gasteiger partial charge in [0.25, 0.3) is 0 Å². The van der Waals surface area contributed by atoms with Gasteiger partial charge in [0, 0.05) is 5.02 Å². The number of fused-ring (bicyclic) bond motifs is 1. The molecule has 0 N–H and O–H groups in total. The molecule has 2 aliphatic rings. The van der Waals surface area contributed by atoms with Crippen molar-refractivity contribution in [2.75, 3.05) is 0 Å². The molecule has 0 saturated carbocycles. The first-order chi connectivity index (χ1) is 10.5. The molecule has 22 heavy (non-hydrogen) atoms. The van der Waals surface area contributed by atoms with Crippen LogP contribution in [0.2, 0.25) is 5.02 Å². The zero-order valence-corrected chi connectivity index (χ0v) is 14.3. The van der Waals surface area contributed by atoms with E-state index in [1.54, 1.807) is 0 Å². The molecule has 0 bridgehead atoms. The molecule has 0 spiro atoms. The van der Waals surface area contributed by atoms with E-state index in [1.165, 1.54) is 38.9 Å². The molecule has 0 nitrogen and oxygen atoms in total. The highest BCUT2D eigenvalue weighted by molar-refractivity contribution is 6.30. The van der Waals surface area contributed by atoms with Crippen molar-refractivity contribution in [3.8, 4) is 22.3 Å². The van der Waals surface area contributed by atoms with Gasteiger partial charge in [0.15, 0.2) is 0 Å². The van der Waals surface area contributed by atoms with Gasteiger partial charge in [-0.15, -0.1) is 0 Å². The molecule has 0 unspecified atom stereocenters. The lowest BCUT2D eigenvalue weighted by Crippen LogP contribution is -1.84. The quantitative estimate of drug-likeness (QED) is 0.485. The summed E-state index contributed by atoms with van der Waals surface area (Å²) in [6.07, 6.45) is 0. The Kier molecular flexibility index (Phi) is 3.97. The third-order valence-electron chi connectivity index (χ3n) is 4.47. The third kappa shape index (κ3) is 2.64. The first-order valence-corrected chi connectivity index (χ1v) is 8.15. The highest BCUT2D eigenvalue weighted by Crippen LogP contribution is 2.39. The highest BCUT2D eigenvalue weighted by Gasteiger charge is 2.16. The van der Waals surface area contributed by atoms with Gasteiger partial charge in [-0.1, -0.05) is 55.8 Å². The molecule has 1 aromatic rings. The number of halogens is 1. The van der Waals surface area contributed by atoms with Crippen molar-refractivity contribution in [1.29, 1.82) is 0 Å². The van der Waals surface area contributed by atoms with Gasteiger partial charge >= 0.3 is 0 Å². The fraction of sp³-hybridized carbons (Fsp3) is 0.238. The summed E-state index contributed by atoms with van der Waals surface area (Å²) in [5, 5.41) is 0.780. The van der Waals surface area contributed by atoms with Crippen LogP contribution < -0.4 is 0 Å². The van der Waals surface area contributed by atoms with Gasteiger partial charge in [-0.05, 0) is 76.9 Å². The molecule has 0 aliphatic heterocycles. The minimum atomic E-state index is 0.531. The van der Waals surface area contributed by atoms with Gasteiger partial charge in [-0.25, -0.2) is 0 Å². The molecule has 0 radical (unpaired) electrons. The second kappa shape index (κ2) is 5.78. The second-order valence-electron chi connectivity index (χ2n) is 6.33. The molecule has 112 valence electrons. The first kappa shape index (κ1) is 15.1. The van der Waals surface area contributed by atoms with Gasteiger partial charge in [-0.3, -0.25) is 0 Å². The minimum Gasteiger partial charge on any atom is -0.0843 e. The molecule has 1 heteroatoms. The maximum atomic E-state index is 6.02. The van der Waals surface area contributed by atoms with Crippen LogP contribution in [0.3, 0.4) is 0 Å². The molecule has 0 saturated heterocycles. The molecule has 3 rings (SSSR count). The maximum Gasteiger partial charge on any atom is 0.0406 e. The molecule has 0 amide bonds. The molecular formula is C21H21Cl. The number of benzene rings is 1. The average molecular weight is 309 g/mol. The van der Waals surface area contributed by atoms with Crippen LogP contribution in [-0.2, 0) is 0 Å². The molecule has 0 atom stereocenters. The summed E-state index contributed by atoms with van der Waals surface area (Å²) in [5.41, 5.74) is 9.28. The fourth-order valence-electron chi connectivity index (χ4n) is 3.00. The highest BCUT2D eigenvalue weighted by atomic mass is 35.5. The van der Waals surface area contributed by atoms with Crippen LogP contribution in [0.4, 0.5) is 0 Å². The summed E-state index contributed by atoms with van der Waals surface area (Å²) in [6.45, 7) is 8.90. The SMILES string of the molecule is Cc1ccc(C(C)C)cc2c(C)c(-c3ccc(Cl)cc3)cc1-2. The Hall–Kier alpha value is -1.79. The Labute approximate surface area is 138 Å². The predicted molar refractivity (Wildman–Crippen MR) is 97.1 cm³/mol. The molecular weight excluding hydrogens is 288 g/mol. The van der Waals surface area contributed by atoms with E-state index in [1.807, 2.05) is 12.1 Å². The molecule has 0 fully saturated rings. The van der Waals surface area contributed by atoms with Gasteiger partial charge in [0.2, 0.25) is 0 Å². The number of aryl methyl sites for hydroxylation is 1. The topological polar surface area (TPSA) is 0 Å². The number of rotatable bonds is 2. The van der Waals surface area contributed by atoms with Crippen LogP contribution in [-0.4, -0.2) is 0 Å². The smallest absolute Gasteiger partial charge is 0.0406 e. The van der Waals surface area contributed by atoms with E-state index in [9.17, 15) is 0 Å². The number of hydrogen-bond acceptors (Lipinski definition) is 0. The van der Waals surface area contributed by atoms with E-state index in [2.05, 4.69) is 64.1 Å². The van der Waals surface area contributed by atoms with Gasteiger partial charge in [-0.2, -0.15) is 0 Å². The van der Waals surface area contributed by atoms with E-state index in [4.69, 9.17) is 11.6 Å². The van der Waals surface area contributed by atoms with Crippen LogP contribution in [0.5, 0.6) is 0 Å². The molecule has 2 aliphatic carbocycles. The van der Waals surface area contributed by atoms with Crippen molar-refractivity contribution >= 4 is 11.6 Å². The predicted octanol–water partition coefficient (Wildman–Crippen LogP) is 6.85. The Balaban J connectivity index is 2.25. The zero-order valence-electron chi connectivity index (χ0n) is 13.6. The van der Waals surface area contributed by atoms with E-state index in [-0.39, 0.29) is 0 Å². The van der Waals surface area contributed by atoms with Crippen molar-refractivity contribution in [2.24, 2.45) is 0 Å². The second-order valence-corrected chi connectivity index (χ2v) is 6.77. The lowest BCUT2D eigenvalue weighted by molar-refractivity contribution is 0.868. The molecule has 1 aromatic carbocycles. The lowest BCUT2D eigenvalue weighted by Gasteiger charge is -2.04. The fourth-order valence-corrected chi connectivity index (χ4v) is 3.13. The van der Waals surface area contributed by atoms with Crippen LogP contribution in [0.1, 0.15) is 36.5 Å². The summed E-state index contributed by atoms with van der Waals surface area (Å²) in [5.74, 6) is 0.531. The summed E-state index contributed by atoms with van der Waals surface area (Å²) in [4.78, 5) is 0. The molecule has 0 aromatic heterocycles. The van der Waals surface area contributed by atoms with Crippen LogP contribution in [0.15, 0.2) is 48.5 Å². The largest absolute Gasteiger partial charge is 0.0843 e. The number of hydrogen-bond donors (Lipinski definition) is 0. The lowest BCUT2D eigenvalue weighted by atomic mass is 10.0. The van der Waals surface area contributed by atoms with Crippen molar-refractivity contribution < 1.29 is 0 Å². The average Bonchev–Trinajstić information content (AvgIpc) is 2.70. The molecule has 0 heterocycles. The first-order valence-electron chi connectivity index (χ1n) is 7.77. The van der Waals surface area contributed by atoms with E-state index >= 15 is 0 Å². The van der Waals surface area contributed by atoms with E-state index in [0.29, 0.717) is 5.92 Å². The Bertz CT molecular complexity index is 782. The third-order valence-corrected chi connectivity index (χ3v) is 4.72. The summed E-state index contributed by atoms with van der Waals surface area (Å²) in [6, 6.07) is 17.3. The van der Waals surface area contributed by atoms with Gasteiger partial charge in [0.1, 0.15) is 0 Å². The summed E-state index contributed by atoms with van der Waals surface area (Å²) >= 11 is 6.02. The van der Waals surface area contributed by atoms with Crippen molar-refractivity contribution in [3.63, 3.8) is 0 Å². The summed E-state index contributed by atoms with van der Waals surface area (Å²) < 4.78 is 0. The van der Waals surface area contributed by atoms with Crippen LogP contribution in [0.25, 0.3) is 22.3 Å². The van der Waals surface area contributed by atoms with E-state index < -0.39 is 0 Å². The summed E-state index contributed by atoms with van der Waals surface area (Å²) in [7, 11) is 0. The monoisotopic (exact) mass is 308 g/mol. The van der Waals surface area contributed by atoms with Crippen LogP contribution in [0, 0.1) is 13.8 Å². The van der Waals surface area contributed by atoms with Gasteiger partial charge in [0.05, 0.1) is 0 Å². The van der Waals surface area contributed by atoms with Crippen molar-refractivity contribution in [2.45, 2.75) is 33.6 Å². The maximum absolute atomic E-state index is 6.02. The van der Waals surface area contributed by atoms with Crippen LogP contribution >= 0.6 is 11.6 Å². The Morgan fingerprint density at radius 1 is 0.773 bits per heavy atom.